The maximum Gasteiger partial charge on any atom is 0.265 e. The Morgan fingerprint density at radius 3 is 2.71 bits per heavy atom. The molecule has 0 saturated carbocycles. The van der Waals surface area contributed by atoms with Crippen LogP contribution in [0.3, 0.4) is 0 Å². The predicted octanol–water partition coefficient (Wildman–Crippen LogP) is 3.32. The lowest BCUT2D eigenvalue weighted by molar-refractivity contribution is 0.103. The van der Waals surface area contributed by atoms with Crippen LogP contribution in [0.5, 0.6) is 0 Å². The first kappa shape index (κ1) is 11.8. The fourth-order valence-corrected chi connectivity index (χ4v) is 2.41. The number of anilines is 1. The first-order valence-corrected chi connectivity index (χ1v) is 6.25. The fraction of sp³-hybridized carbons (Fsp3) is 0.231. The van der Waals surface area contributed by atoms with Gasteiger partial charge < -0.3 is 5.32 Å². The van der Waals surface area contributed by atoms with Crippen molar-refractivity contribution in [3.63, 3.8) is 0 Å². The standard InChI is InChI=1S/C13H14N2OS/c1-8-7-9(2)14-10(3)12(8)15-13(16)11-5-4-6-17-11/h4-7H,1-3H3,(H,15,16). The zero-order valence-electron chi connectivity index (χ0n) is 10.1. The highest BCUT2D eigenvalue weighted by atomic mass is 32.1. The van der Waals surface area contributed by atoms with Crippen LogP contribution in [0, 0.1) is 20.8 Å². The number of thiophene rings is 1. The minimum atomic E-state index is -0.0724. The number of amides is 1. The Hall–Kier alpha value is -1.68. The van der Waals surface area contributed by atoms with Gasteiger partial charge >= 0.3 is 0 Å². The van der Waals surface area contributed by atoms with Crippen molar-refractivity contribution in [3.05, 3.63) is 45.4 Å². The summed E-state index contributed by atoms with van der Waals surface area (Å²) in [4.78, 5) is 17.0. The Morgan fingerprint density at radius 2 is 2.12 bits per heavy atom. The van der Waals surface area contributed by atoms with Gasteiger partial charge in [-0.25, -0.2) is 0 Å². The van der Waals surface area contributed by atoms with Crippen LogP contribution in [0.1, 0.15) is 26.6 Å². The summed E-state index contributed by atoms with van der Waals surface area (Å²) in [6.45, 7) is 5.83. The molecule has 0 radical (unpaired) electrons. The first-order chi connectivity index (χ1) is 8.08. The quantitative estimate of drug-likeness (QED) is 0.883. The molecule has 1 amide bonds. The number of carbonyl (C=O) groups excluding carboxylic acids is 1. The predicted molar refractivity (Wildman–Crippen MR) is 70.7 cm³/mol. The van der Waals surface area contributed by atoms with E-state index in [1.165, 1.54) is 11.3 Å². The Kier molecular flexibility index (Phi) is 3.24. The number of hydrogen-bond acceptors (Lipinski definition) is 3. The molecule has 0 saturated heterocycles. The second kappa shape index (κ2) is 4.67. The van der Waals surface area contributed by atoms with Crippen LogP contribution in [-0.2, 0) is 0 Å². The molecule has 0 unspecified atom stereocenters. The number of pyridine rings is 1. The first-order valence-electron chi connectivity index (χ1n) is 5.37. The lowest BCUT2D eigenvalue weighted by Crippen LogP contribution is -2.13. The second-order valence-electron chi connectivity index (χ2n) is 3.97. The molecule has 3 nitrogen and oxygen atoms in total. The van der Waals surface area contributed by atoms with E-state index in [2.05, 4.69) is 10.3 Å². The Bertz CT molecular complexity index is 524. The van der Waals surface area contributed by atoms with Crippen molar-refractivity contribution in [1.82, 2.24) is 4.98 Å². The molecule has 1 N–H and O–H groups in total. The second-order valence-corrected chi connectivity index (χ2v) is 4.92. The van der Waals surface area contributed by atoms with Crippen molar-refractivity contribution in [2.45, 2.75) is 20.8 Å². The molecule has 88 valence electrons. The number of carbonyl (C=O) groups is 1. The number of nitrogens with one attached hydrogen (secondary N) is 1. The third-order valence-corrected chi connectivity index (χ3v) is 3.38. The highest BCUT2D eigenvalue weighted by Gasteiger charge is 2.11. The van der Waals surface area contributed by atoms with Crippen molar-refractivity contribution in [2.24, 2.45) is 0 Å². The van der Waals surface area contributed by atoms with Gasteiger partial charge in [-0.15, -0.1) is 11.3 Å². The average molecular weight is 246 g/mol. The van der Waals surface area contributed by atoms with E-state index in [0.717, 1.165) is 22.6 Å². The Morgan fingerprint density at radius 1 is 1.35 bits per heavy atom. The van der Waals surface area contributed by atoms with Gasteiger partial charge in [-0.3, -0.25) is 9.78 Å². The van der Waals surface area contributed by atoms with E-state index in [1.54, 1.807) is 0 Å². The van der Waals surface area contributed by atoms with Crippen LogP contribution in [0.25, 0.3) is 0 Å². The van der Waals surface area contributed by atoms with E-state index in [-0.39, 0.29) is 5.91 Å². The molecule has 0 aliphatic carbocycles. The van der Waals surface area contributed by atoms with E-state index >= 15 is 0 Å². The molecule has 0 fully saturated rings. The monoisotopic (exact) mass is 246 g/mol. The van der Waals surface area contributed by atoms with E-state index in [0.29, 0.717) is 4.88 Å². The van der Waals surface area contributed by atoms with Crippen LogP contribution in [0.4, 0.5) is 5.69 Å². The van der Waals surface area contributed by atoms with Gasteiger partial charge in [0.05, 0.1) is 16.3 Å². The van der Waals surface area contributed by atoms with E-state index in [4.69, 9.17) is 0 Å². The van der Waals surface area contributed by atoms with Gasteiger partial charge in [0.1, 0.15) is 0 Å². The highest BCUT2D eigenvalue weighted by molar-refractivity contribution is 7.12. The zero-order chi connectivity index (χ0) is 12.4. The van der Waals surface area contributed by atoms with Gasteiger partial charge in [-0.05, 0) is 43.8 Å². The molecule has 0 bridgehead atoms. The summed E-state index contributed by atoms with van der Waals surface area (Å²) in [5, 5.41) is 4.81. The van der Waals surface area contributed by atoms with Crippen molar-refractivity contribution in [2.75, 3.05) is 5.32 Å². The van der Waals surface area contributed by atoms with E-state index < -0.39 is 0 Å². The third-order valence-electron chi connectivity index (χ3n) is 2.51. The van der Waals surface area contributed by atoms with Gasteiger partial charge in [0.15, 0.2) is 0 Å². The van der Waals surface area contributed by atoms with Crippen LogP contribution in [0.2, 0.25) is 0 Å². The largest absolute Gasteiger partial charge is 0.319 e. The lowest BCUT2D eigenvalue weighted by Gasteiger charge is -2.11. The topological polar surface area (TPSA) is 42.0 Å². The van der Waals surface area contributed by atoms with Gasteiger partial charge in [0.2, 0.25) is 0 Å². The number of aryl methyl sites for hydroxylation is 3. The van der Waals surface area contributed by atoms with Gasteiger partial charge in [-0.2, -0.15) is 0 Å². The van der Waals surface area contributed by atoms with Crippen molar-refractivity contribution in [3.8, 4) is 0 Å². The molecule has 0 aromatic carbocycles. The lowest BCUT2D eigenvalue weighted by atomic mass is 10.1. The summed E-state index contributed by atoms with van der Waals surface area (Å²) in [6, 6.07) is 5.65. The van der Waals surface area contributed by atoms with Crippen molar-refractivity contribution in [1.29, 1.82) is 0 Å². The van der Waals surface area contributed by atoms with Gasteiger partial charge in [0, 0.05) is 5.69 Å². The average Bonchev–Trinajstić information content (AvgIpc) is 2.76. The molecular formula is C13H14N2OS. The normalized spacial score (nSPS) is 10.3. The highest BCUT2D eigenvalue weighted by Crippen LogP contribution is 2.20. The zero-order valence-corrected chi connectivity index (χ0v) is 10.9. The van der Waals surface area contributed by atoms with Crippen LogP contribution in [0.15, 0.2) is 23.6 Å². The van der Waals surface area contributed by atoms with Crippen molar-refractivity contribution < 1.29 is 4.79 Å². The SMILES string of the molecule is Cc1cc(C)c(NC(=O)c2cccs2)c(C)n1. The minimum Gasteiger partial charge on any atom is -0.319 e. The van der Waals surface area contributed by atoms with Crippen LogP contribution in [-0.4, -0.2) is 10.9 Å². The molecule has 0 spiro atoms. The molecule has 2 heterocycles. The molecule has 2 aromatic rings. The molecule has 0 aliphatic heterocycles. The Balaban J connectivity index is 2.28. The third kappa shape index (κ3) is 2.53. The summed E-state index contributed by atoms with van der Waals surface area (Å²) in [7, 11) is 0. The molecule has 2 rings (SSSR count). The summed E-state index contributed by atoms with van der Waals surface area (Å²) in [5.74, 6) is -0.0724. The number of aromatic nitrogens is 1. The maximum atomic E-state index is 11.9. The fourth-order valence-electron chi connectivity index (χ4n) is 1.80. The maximum absolute atomic E-state index is 11.9. The number of rotatable bonds is 2. The molecule has 2 aromatic heterocycles. The summed E-state index contributed by atoms with van der Waals surface area (Å²) < 4.78 is 0. The minimum absolute atomic E-state index is 0.0724. The van der Waals surface area contributed by atoms with E-state index in [1.807, 2.05) is 44.4 Å². The van der Waals surface area contributed by atoms with E-state index in [9.17, 15) is 4.79 Å². The smallest absolute Gasteiger partial charge is 0.265 e. The van der Waals surface area contributed by atoms with Crippen LogP contribution < -0.4 is 5.32 Å². The molecule has 17 heavy (non-hydrogen) atoms. The molecule has 4 heteroatoms. The number of hydrogen-bond donors (Lipinski definition) is 1. The molecular weight excluding hydrogens is 232 g/mol. The van der Waals surface area contributed by atoms with Gasteiger partial charge in [-0.1, -0.05) is 6.07 Å². The Labute approximate surface area is 105 Å². The summed E-state index contributed by atoms with van der Waals surface area (Å²) >= 11 is 1.43. The molecule has 0 atom stereocenters. The molecule has 0 aliphatic rings. The summed E-state index contributed by atoms with van der Waals surface area (Å²) in [6.07, 6.45) is 0. The van der Waals surface area contributed by atoms with Crippen molar-refractivity contribution >= 4 is 22.9 Å². The summed E-state index contributed by atoms with van der Waals surface area (Å²) in [5.41, 5.74) is 3.68. The van der Waals surface area contributed by atoms with Crippen LogP contribution >= 0.6 is 11.3 Å². The number of nitrogens with zero attached hydrogens (tertiary/aromatic N) is 1. The van der Waals surface area contributed by atoms with Gasteiger partial charge in [0.25, 0.3) is 5.91 Å².